The van der Waals surface area contributed by atoms with Crippen LogP contribution in [0.25, 0.3) is 0 Å². The molecule has 0 radical (unpaired) electrons. The number of unbranched alkanes of at least 4 members (excludes halogenated alkanes) is 4. The summed E-state index contributed by atoms with van der Waals surface area (Å²) in [5.41, 5.74) is 0. The first-order valence-corrected chi connectivity index (χ1v) is 8.52. The lowest BCUT2D eigenvalue weighted by Gasteiger charge is -2.07. The van der Waals surface area contributed by atoms with Crippen molar-refractivity contribution >= 4 is 11.9 Å². The molecule has 128 valence electrons. The van der Waals surface area contributed by atoms with Crippen molar-refractivity contribution in [3.8, 4) is 0 Å². The Balaban J connectivity index is 3.44. The molecule has 22 heavy (non-hydrogen) atoms. The third kappa shape index (κ3) is 15.1. The van der Waals surface area contributed by atoms with Gasteiger partial charge in [0.1, 0.15) is 0 Å². The van der Waals surface area contributed by atoms with Gasteiger partial charge in [0.05, 0.1) is 26.1 Å². The summed E-state index contributed by atoms with van der Waals surface area (Å²) in [5, 5.41) is 0. The van der Waals surface area contributed by atoms with Crippen LogP contribution in [0, 0.1) is 5.92 Å². The molecule has 0 fully saturated rings. The van der Waals surface area contributed by atoms with Crippen molar-refractivity contribution in [1.82, 2.24) is 0 Å². The smallest absolute Gasteiger partial charge is 0.306 e. The summed E-state index contributed by atoms with van der Waals surface area (Å²) in [5.74, 6) is -0.347. The Hall–Kier alpha value is -1.32. The molecule has 0 amide bonds. The van der Waals surface area contributed by atoms with E-state index in [4.69, 9.17) is 9.47 Å². The Morgan fingerprint density at radius 1 is 0.909 bits per heavy atom. The maximum absolute atomic E-state index is 11.4. The highest BCUT2D eigenvalue weighted by molar-refractivity contribution is 5.77. The maximum Gasteiger partial charge on any atom is 0.306 e. The predicted molar refractivity (Wildman–Crippen MR) is 88.5 cm³/mol. The Labute approximate surface area is 135 Å². The first-order valence-electron chi connectivity index (χ1n) is 8.52. The molecule has 0 aliphatic carbocycles. The average Bonchev–Trinajstić information content (AvgIpc) is 2.49. The molecule has 0 bridgehead atoms. The van der Waals surface area contributed by atoms with Crippen molar-refractivity contribution in [2.75, 3.05) is 13.2 Å². The fourth-order valence-corrected chi connectivity index (χ4v) is 1.74. The van der Waals surface area contributed by atoms with Crippen LogP contribution < -0.4 is 0 Å². The predicted octanol–water partition coefficient (Wildman–Crippen LogP) is 4.43. The molecule has 0 N–H and O–H groups in total. The molecule has 0 aliphatic rings. The molecule has 0 aromatic rings. The molecule has 0 aromatic carbocycles. The van der Waals surface area contributed by atoms with Gasteiger partial charge in [0, 0.05) is 0 Å². The highest BCUT2D eigenvalue weighted by Gasteiger charge is 2.09. The van der Waals surface area contributed by atoms with Gasteiger partial charge in [-0.25, -0.2) is 0 Å². The first-order chi connectivity index (χ1) is 10.6. The number of ether oxygens (including phenoxy) is 2. The van der Waals surface area contributed by atoms with E-state index in [0.717, 1.165) is 19.3 Å². The molecule has 0 rings (SSSR count). The van der Waals surface area contributed by atoms with Gasteiger partial charge in [-0.1, -0.05) is 45.8 Å². The zero-order valence-corrected chi connectivity index (χ0v) is 14.4. The maximum atomic E-state index is 11.4. The Kier molecular flexibility index (Phi) is 13.7. The van der Waals surface area contributed by atoms with Gasteiger partial charge in [-0.15, -0.1) is 0 Å². The molecule has 0 spiro atoms. The average molecular weight is 312 g/mol. The molecule has 0 saturated carbocycles. The van der Waals surface area contributed by atoms with Crippen LogP contribution in [0.5, 0.6) is 0 Å². The van der Waals surface area contributed by atoms with E-state index in [9.17, 15) is 9.59 Å². The summed E-state index contributed by atoms with van der Waals surface area (Å²) in [7, 11) is 0. The summed E-state index contributed by atoms with van der Waals surface area (Å²) in [6, 6.07) is 0. The normalized spacial score (nSPS) is 11.1. The lowest BCUT2D eigenvalue weighted by molar-refractivity contribution is -0.151. The van der Waals surface area contributed by atoms with Crippen LogP contribution in [-0.2, 0) is 19.1 Å². The quantitative estimate of drug-likeness (QED) is 0.287. The third-order valence-electron chi connectivity index (χ3n) is 3.03. The molecule has 4 heteroatoms. The zero-order valence-electron chi connectivity index (χ0n) is 14.4. The summed E-state index contributed by atoms with van der Waals surface area (Å²) < 4.78 is 10.1. The van der Waals surface area contributed by atoms with Crippen LogP contribution in [0.4, 0.5) is 0 Å². The molecule has 0 aromatic heterocycles. The Bertz CT molecular complexity index is 321. The van der Waals surface area contributed by atoms with Gasteiger partial charge >= 0.3 is 11.9 Å². The summed E-state index contributed by atoms with van der Waals surface area (Å²) in [4.78, 5) is 22.8. The van der Waals surface area contributed by atoms with Gasteiger partial charge in [-0.3, -0.25) is 9.59 Å². The van der Waals surface area contributed by atoms with Gasteiger partial charge < -0.3 is 9.47 Å². The third-order valence-corrected chi connectivity index (χ3v) is 3.03. The van der Waals surface area contributed by atoms with Gasteiger partial charge in [-0.2, -0.15) is 0 Å². The summed E-state index contributed by atoms with van der Waals surface area (Å²) in [6.45, 7) is 6.96. The number of hydrogen-bond acceptors (Lipinski definition) is 4. The van der Waals surface area contributed by atoms with E-state index >= 15 is 0 Å². The van der Waals surface area contributed by atoms with E-state index in [1.165, 1.54) is 19.3 Å². The summed E-state index contributed by atoms with van der Waals surface area (Å²) >= 11 is 0. The Morgan fingerprint density at radius 2 is 1.50 bits per heavy atom. The van der Waals surface area contributed by atoms with E-state index in [2.05, 4.69) is 19.1 Å². The number of carbonyl (C=O) groups excluding carboxylic acids is 2. The van der Waals surface area contributed by atoms with Crippen LogP contribution in [0.15, 0.2) is 12.2 Å². The highest BCUT2D eigenvalue weighted by Crippen LogP contribution is 2.03. The molecule has 0 unspecified atom stereocenters. The lowest BCUT2D eigenvalue weighted by atomic mass is 10.2. The van der Waals surface area contributed by atoms with E-state index < -0.39 is 0 Å². The molecule has 4 nitrogen and oxygen atoms in total. The fourth-order valence-electron chi connectivity index (χ4n) is 1.74. The highest BCUT2D eigenvalue weighted by atomic mass is 16.5. The minimum atomic E-state index is -0.333. The van der Waals surface area contributed by atoms with Gasteiger partial charge in [-0.05, 0) is 31.6 Å². The van der Waals surface area contributed by atoms with Crippen LogP contribution >= 0.6 is 0 Å². The number of carbonyl (C=O) groups is 2. The zero-order chi connectivity index (χ0) is 16.6. The van der Waals surface area contributed by atoms with Crippen molar-refractivity contribution in [2.45, 2.75) is 72.1 Å². The number of rotatable bonds is 13. The van der Waals surface area contributed by atoms with Crippen LogP contribution in [-0.4, -0.2) is 25.2 Å². The standard InChI is InChI=1S/C18H32O4/c1-4-5-6-7-8-9-10-11-14-21-17(19)12-13-18(20)22-15-16(2)3/h8-9,16H,4-7,10-15H2,1-3H3/b9-8+. The van der Waals surface area contributed by atoms with Crippen LogP contribution in [0.1, 0.15) is 72.1 Å². The van der Waals surface area contributed by atoms with Crippen molar-refractivity contribution in [2.24, 2.45) is 5.92 Å². The van der Waals surface area contributed by atoms with Gasteiger partial charge in [0.15, 0.2) is 0 Å². The monoisotopic (exact) mass is 312 g/mol. The molecule has 0 aliphatic heterocycles. The van der Waals surface area contributed by atoms with Crippen LogP contribution in [0.3, 0.4) is 0 Å². The van der Waals surface area contributed by atoms with Crippen molar-refractivity contribution in [1.29, 1.82) is 0 Å². The van der Waals surface area contributed by atoms with Gasteiger partial charge in [0.25, 0.3) is 0 Å². The number of allylic oxidation sites excluding steroid dienone is 2. The topological polar surface area (TPSA) is 52.6 Å². The first kappa shape index (κ1) is 20.7. The summed E-state index contributed by atoms with van der Waals surface area (Å²) in [6.07, 6.45) is 11.2. The van der Waals surface area contributed by atoms with E-state index in [1.807, 2.05) is 13.8 Å². The molecule has 0 atom stereocenters. The fraction of sp³-hybridized carbons (Fsp3) is 0.778. The van der Waals surface area contributed by atoms with E-state index in [1.54, 1.807) is 0 Å². The molecule has 0 saturated heterocycles. The molecular weight excluding hydrogens is 280 g/mol. The van der Waals surface area contributed by atoms with Crippen molar-refractivity contribution < 1.29 is 19.1 Å². The second-order valence-corrected chi connectivity index (χ2v) is 5.91. The minimum Gasteiger partial charge on any atom is -0.466 e. The number of esters is 2. The Morgan fingerprint density at radius 3 is 2.09 bits per heavy atom. The SMILES string of the molecule is CCCCC/C=C/CCCOC(=O)CCC(=O)OCC(C)C. The van der Waals surface area contributed by atoms with Crippen molar-refractivity contribution in [3.63, 3.8) is 0 Å². The molecular formula is C18H32O4. The van der Waals surface area contributed by atoms with E-state index in [0.29, 0.717) is 19.1 Å². The largest absolute Gasteiger partial charge is 0.466 e. The van der Waals surface area contributed by atoms with Crippen molar-refractivity contribution in [3.05, 3.63) is 12.2 Å². The molecule has 0 heterocycles. The number of hydrogen-bond donors (Lipinski definition) is 0. The second kappa shape index (κ2) is 14.6. The second-order valence-electron chi connectivity index (χ2n) is 5.91. The van der Waals surface area contributed by atoms with E-state index in [-0.39, 0.29) is 24.8 Å². The van der Waals surface area contributed by atoms with Gasteiger partial charge in [0.2, 0.25) is 0 Å². The lowest BCUT2D eigenvalue weighted by Crippen LogP contribution is -2.13. The van der Waals surface area contributed by atoms with Crippen LogP contribution in [0.2, 0.25) is 0 Å². The minimum absolute atomic E-state index is 0.100.